The Labute approximate surface area is 109 Å². The predicted octanol–water partition coefficient (Wildman–Crippen LogP) is 3.06. The number of aromatic nitrogens is 2. The molecule has 1 heterocycles. The van der Waals surface area contributed by atoms with Crippen LogP contribution in [-0.4, -0.2) is 9.55 Å². The summed E-state index contributed by atoms with van der Waals surface area (Å²) >= 11 is 0. The normalized spacial score (nSPS) is 13.3. The number of rotatable bonds is 1. The Balaban J connectivity index is 2.68. The highest BCUT2D eigenvalue weighted by atomic mass is 15.1. The van der Waals surface area contributed by atoms with Crippen molar-refractivity contribution in [3.8, 4) is 0 Å². The van der Waals surface area contributed by atoms with Crippen LogP contribution in [-0.2, 0) is 18.0 Å². The molecule has 0 radical (unpaired) electrons. The third kappa shape index (κ3) is 2.15. The molecule has 0 amide bonds. The molecule has 0 spiro atoms. The molecule has 18 heavy (non-hydrogen) atoms. The van der Waals surface area contributed by atoms with Gasteiger partial charge in [-0.3, -0.25) is 0 Å². The van der Waals surface area contributed by atoms with E-state index in [1.54, 1.807) is 0 Å². The Morgan fingerprint density at radius 2 is 1.72 bits per heavy atom. The highest BCUT2D eigenvalue weighted by Crippen LogP contribution is 2.28. The van der Waals surface area contributed by atoms with Crippen molar-refractivity contribution in [1.82, 2.24) is 9.55 Å². The lowest BCUT2D eigenvalue weighted by Gasteiger charge is -2.19. The van der Waals surface area contributed by atoms with Gasteiger partial charge in [-0.05, 0) is 37.0 Å². The van der Waals surface area contributed by atoms with E-state index in [4.69, 9.17) is 5.73 Å². The van der Waals surface area contributed by atoms with Crippen molar-refractivity contribution in [2.45, 2.75) is 45.6 Å². The first kappa shape index (κ1) is 13.1. The highest BCUT2D eigenvalue weighted by Gasteiger charge is 2.22. The van der Waals surface area contributed by atoms with E-state index in [1.165, 1.54) is 5.56 Å². The van der Waals surface area contributed by atoms with E-state index < -0.39 is 5.54 Å². The third-order valence-corrected chi connectivity index (χ3v) is 3.32. The molecular formula is C15H23N3. The van der Waals surface area contributed by atoms with Gasteiger partial charge in [0.05, 0.1) is 16.6 Å². The minimum Gasteiger partial charge on any atom is -0.330 e. The lowest BCUT2D eigenvalue weighted by molar-refractivity contribution is 0.498. The van der Waals surface area contributed by atoms with Gasteiger partial charge in [0.2, 0.25) is 0 Å². The van der Waals surface area contributed by atoms with Crippen molar-refractivity contribution in [3.05, 3.63) is 29.6 Å². The summed E-state index contributed by atoms with van der Waals surface area (Å²) in [6, 6.07) is 6.46. The second-order valence-corrected chi connectivity index (χ2v) is 6.67. The van der Waals surface area contributed by atoms with Crippen molar-refractivity contribution < 1.29 is 0 Å². The number of imidazole rings is 1. The van der Waals surface area contributed by atoms with Gasteiger partial charge in [0, 0.05) is 7.05 Å². The summed E-state index contributed by atoms with van der Waals surface area (Å²) < 4.78 is 2.10. The van der Waals surface area contributed by atoms with Crippen LogP contribution in [0.3, 0.4) is 0 Å². The van der Waals surface area contributed by atoms with Gasteiger partial charge in [-0.25, -0.2) is 4.98 Å². The number of hydrogen-bond donors (Lipinski definition) is 1. The molecule has 3 nitrogen and oxygen atoms in total. The fourth-order valence-corrected chi connectivity index (χ4v) is 2.23. The maximum absolute atomic E-state index is 6.16. The maximum Gasteiger partial charge on any atom is 0.129 e. The molecule has 0 aliphatic heterocycles. The van der Waals surface area contributed by atoms with E-state index in [-0.39, 0.29) is 5.41 Å². The molecule has 1 aromatic carbocycles. The topological polar surface area (TPSA) is 43.8 Å². The Hall–Kier alpha value is -1.35. The molecule has 0 fully saturated rings. The van der Waals surface area contributed by atoms with Crippen LogP contribution in [0.5, 0.6) is 0 Å². The largest absolute Gasteiger partial charge is 0.330 e. The highest BCUT2D eigenvalue weighted by molar-refractivity contribution is 5.77. The lowest BCUT2D eigenvalue weighted by Crippen LogP contribution is -2.32. The molecule has 2 N–H and O–H groups in total. The Morgan fingerprint density at radius 3 is 2.22 bits per heavy atom. The lowest BCUT2D eigenvalue weighted by atomic mass is 9.87. The van der Waals surface area contributed by atoms with E-state index in [1.807, 2.05) is 20.9 Å². The van der Waals surface area contributed by atoms with Crippen LogP contribution < -0.4 is 5.73 Å². The maximum atomic E-state index is 6.16. The van der Waals surface area contributed by atoms with Crippen LogP contribution in [0.4, 0.5) is 0 Å². The smallest absolute Gasteiger partial charge is 0.129 e. The van der Waals surface area contributed by atoms with Gasteiger partial charge in [0.25, 0.3) is 0 Å². The monoisotopic (exact) mass is 245 g/mol. The second-order valence-electron chi connectivity index (χ2n) is 6.67. The van der Waals surface area contributed by atoms with Gasteiger partial charge in [-0.2, -0.15) is 0 Å². The third-order valence-electron chi connectivity index (χ3n) is 3.32. The van der Waals surface area contributed by atoms with Crippen LogP contribution in [0.1, 0.15) is 46.0 Å². The average molecular weight is 245 g/mol. The van der Waals surface area contributed by atoms with Crippen molar-refractivity contribution in [3.63, 3.8) is 0 Å². The van der Waals surface area contributed by atoms with Crippen LogP contribution in [0.2, 0.25) is 0 Å². The molecule has 0 saturated heterocycles. The van der Waals surface area contributed by atoms with Gasteiger partial charge in [-0.15, -0.1) is 0 Å². The quantitative estimate of drug-likeness (QED) is 0.839. The first-order chi connectivity index (χ1) is 8.10. The molecule has 0 saturated carbocycles. The number of nitrogens with zero attached hydrogens (tertiary/aromatic N) is 2. The van der Waals surface area contributed by atoms with E-state index in [9.17, 15) is 0 Å². The molecule has 0 aliphatic carbocycles. The van der Waals surface area contributed by atoms with Crippen LogP contribution in [0.25, 0.3) is 11.0 Å². The number of aryl methyl sites for hydroxylation is 1. The summed E-state index contributed by atoms with van der Waals surface area (Å²) in [6.45, 7) is 10.6. The number of benzene rings is 1. The van der Waals surface area contributed by atoms with Crippen LogP contribution in [0.15, 0.2) is 18.2 Å². The molecule has 1 aromatic heterocycles. The summed E-state index contributed by atoms with van der Waals surface area (Å²) in [5.74, 6) is 0.920. The zero-order valence-corrected chi connectivity index (χ0v) is 12.2. The summed E-state index contributed by atoms with van der Waals surface area (Å²) in [6.07, 6.45) is 0. The minimum atomic E-state index is -0.421. The predicted molar refractivity (Wildman–Crippen MR) is 76.6 cm³/mol. The number of hydrogen-bond acceptors (Lipinski definition) is 2. The molecule has 0 atom stereocenters. The van der Waals surface area contributed by atoms with Crippen molar-refractivity contribution in [1.29, 1.82) is 0 Å². The van der Waals surface area contributed by atoms with Gasteiger partial charge >= 0.3 is 0 Å². The Morgan fingerprint density at radius 1 is 1.11 bits per heavy atom. The van der Waals surface area contributed by atoms with E-state index in [2.05, 4.69) is 48.5 Å². The summed E-state index contributed by atoms with van der Waals surface area (Å²) in [5.41, 5.74) is 9.37. The van der Waals surface area contributed by atoms with Gasteiger partial charge in [0.15, 0.2) is 0 Å². The number of nitrogens with two attached hydrogens (primary N) is 1. The summed E-state index contributed by atoms with van der Waals surface area (Å²) in [7, 11) is 2.03. The Kier molecular flexibility index (Phi) is 2.78. The minimum absolute atomic E-state index is 0.150. The summed E-state index contributed by atoms with van der Waals surface area (Å²) in [5, 5.41) is 0. The molecule has 2 aromatic rings. The molecule has 0 unspecified atom stereocenters. The van der Waals surface area contributed by atoms with Crippen LogP contribution >= 0.6 is 0 Å². The van der Waals surface area contributed by atoms with E-state index in [0.29, 0.717) is 0 Å². The van der Waals surface area contributed by atoms with Gasteiger partial charge in [-0.1, -0.05) is 26.8 Å². The van der Waals surface area contributed by atoms with Crippen molar-refractivity contribution >= 4 is 11.0 Å². The van der Waals surface area contributed by atoms with Crippen LogP contribution in [0, 0.1) is 0 Å². The Bertz CT molecular complexity index is 580. The molecule has 0 bridgehead atoms. The first-order valence-corrected chi connectivity index (χ1v) is 6.37. The fourth-order valence-electron chi connectivity index (χ4n) is 2.23. The van der Waals surface area contributed by atoms with E-state index in [0.717, 1.165) is 16.9 Å². The zero-order chi connectivity index (χ0) is 13.7. The van der Waals surface area contributed by atoms with Gasteiger partial charge in [0.1, 0.15) is 5.82 Å². The molecule has 98 valence electrons. The fraction of sp³-hybridized carbons (Fsp3) is 0.533. The summed E-state index contributed by atoms with van der Waals surface area (Å²) in [4.78, 5) is 4.64. The molecule has 0 aliphatic rings. The van der Waals surface area contributed by atoms with Gasteiger partial charge < -0.3 is 10.3 Å². The second kappa shape index (κ2) is 3.82. The molecule has 2 rings (SSSR count). The van der Waals surface area contributed by atoms with Crippen molar-refractivity contribution in [2.24, 2.45) is 12.8 Å². The molecular weight excluding hydrogens is 222 g/mol. The standard InChI is InChI=1S/C15H23N3/c1-14(2,3)10-7-8-11-12(9-10)18(6)13(17-11)15(4,5)16/h7-9H,16H2,1-6H3. The molecule has 3 heteroatoms. The number of fused-ring (bicyclic) bond motifs is 1. The first-order valence-electron chi connectivity index (χ1n) is 6.37. The average Bonchev–Trinajstić information content (AvgIpc) is 2.54. The van der Waals surface area contributed by atoms with E-state index >= 15 is 0 Å². The SMILES string of the molecule is Cn1c(C(C)(C)N)nc2ccc(C(C)(C)C)cc21. The van der Waals surface area contributed by atoms with Crippen molar-refractivity contribution in [2.75, 3.05) is 0 Å². The zero-order valence-electron chi connectivity index (χ0n) is 12.2.